The summed E-state index contributed by atoms with van der Waals surface area (Å²) in [4.78, 5) is 27.4. The molecular formula is C24H28Cl2N2O4. The number of amides is 2. The van der Waals surface area contributed by atoms with Crippen molar-refractivity contribution in [2.45, 2.75) is 45.7 Å². The third-order valence-electron chi connectivity index (χ3n) is 5.34. The lowest BCUT2D eigenvalue weighted by molar-refractivity contribution is -0.140. The molecule has 0 bridgehead atoms. The smallest absolute Gasteiger partial charge is 0.242 e. The Bertz CT molecular complexity index is 947. The average molecular weight is 479 g/mol. The van der Waals surface area contributed by atoms with E-state index >= 15 is 0 Å². The fourth-order valence-electron chi connectivity index (χ4n) is 3.47. The van der Waals surface area contributed by atoms with Crippen LogP contribution in [0.1, 0.15) is 37.8 Å². The van der Waals surface area contributed by atoms with E-state index in [1.165, 1.54) is 4.90 Å². The summed E-state index contributed by atoms with van der Waals surface area (Å²) in [6.45, 7) is 5.44. The number of hydrogen-bond acceptors (Lipinski definition) is 4. The molecule has 2 amide bonds. The number of halogens is 2. The van der Waals surface area contributed by atoms with Gasteiger partial charge in [0.2, 0.25) is 11.8 Å². The van der Waals surface area contributed by atoms with Crippen LogP contribution in [0, 0.1) is 0 Å². The zero-order valence-corrected chi connectivity index (χ0v) is 19.8. The SMILES string of the molecule is CCCNC(=O)C(C)N(Cc1c(Cl)cccc1Cl)C(=O)CCc1ccc2c(c1)OCCO2. The van der Waals surface area contributed by atoms with E-state index in [1.54, 1.807) is 25.1 Å². The van der Waals surface area contributed by atoms with Gasteiger partial charge in [-0.15, -0.1) is 0 Å². The highest BCUT2D eigenvalue weighted by atomic mass is 35.5. The summed E-state index contributed by atoms with van der Waals surface area (Å²) in [7, 11) is 0. The molecule has 0 fully saturated rings. The lowest BCUT2D eigenvalue weighted by Gasteiger charge is -2.29. The number of hydrogen-bond donors (Lipinski definition) is 1. The normalized spacial score (nSPS) is 13.4. The van der Waals surface area contributed by atoms with Gasteiger partial charge in [0.1, 0.15) is 19.3 Å². The van der Waals surface area contributed by atoms with Gasteiger partial charge in [-0.1, -0.05) is 42.3 Å². The molecule has 6 nitrogen and oxygen atoms in total. The molecule has 0 saturated carbocycles. The number of nitrogens with one attached hydrogen (secondary N) is 1. The van der Waals surface area contributed by atoms with E-state index in [0.29, 0.717) is 53.3 Å². The Hall–Kier alpha value is -2.44. The highest BCUT2D eigenvalue weighted by molar-refractivity contribution is 6.36. The van der Waals surface area contributed by atoms with Crippen molar-refractivity contribution < 1.29 is 19.1 Å². The van der Waals surface area contributed by atoms with E-state index in [0.717, 1.165) is 12.0 Å². The molecule has 1 aliphatic heterocycles. The van der Waals surface area contributed by atoms with Gasteiger partial charge in [-0.05, 0) is 49.6 Å². The Morgan fingerprint density at radius 1 is 1.09 bits per heavy atom. The Kier molecular flexibility index (Phi) is 8.65. The molecule has 8 heteroatoms. The summed E-state index contributed by atoms with van der Waals surface area (Å²) in [5.41, 5.74) is 1.58. The largest absolute Gasteiger partial charge is 0.486 e. The maximum atomic E-state index is 13.3. The predicted octanol–water partition coefficient (Wildman–Crippen LogP) is 4.64. The first kappa shape index (κ1) is 24.2. The van der Waals surface area contributed by atoms with E-state index in [-0.39, 0.29) is 24.8 Å². The van der Waals surface area contributed by atoms with Gasteiger partial charge in [0.15, 0.2) is 11.5 Å². The molecular weight excluding hydrogens is 451 g/mol. The van der Waals surface area contributed by atoms with Crippen LogP contribution in [-0.4, -0.2) is 42.5 Å². The summed E-state index contributed by atoms with van der Waals surface area (Å²) in [6.07, 6.45) is 1.55. The number of ether oxygens (including phenoxy) is 2. The molecule has 1 N–H and O–H groups in total. The Balaban J connectivity index is 1.75. The van der Waals surface area contributed by atoms with Gasteiger partial charge in [0, 0.05) is 35.1 Å². The van der Waals surface area contributed by atoms with E-state index in [2.05, 4.69) is 5.32 Å². The third-order valence-corrected chi connectivity index (χ3v) is 6.05. The average Bonchev–Trinajstić information content (AvgIpc) is 2.80. The molecule has 1 heterocycles. The van der Waals surface area contributed by atoms with Gasteiger partial charge < -0.3 is 19.7 Å². The summed E-state index contributed by atoms with van der Waals surface area (Å²) in [6, 6.07) is 10.2. The van der Waals surface area contributed by atoms with Crippen molar-refractivity contribution in [1.29, 1.82) is 0 Å². The lowest BCUT2D eigenvalue weighted by Crippen LogP contribution is -2.47. The molecule has 32 heavy (non-hydrogen) atoms. The highest BCUT2D eigenvalue weighted by Crippen LogP contribution is 2.31. The van der Waals surface area contributed by atoms with Crippen molar-refractivity contribution in [3.8, 4) is 11.5 Å². The van der Waals surface area contributed by atoms with Gasteiger partial charge in [0.25, 0.3) is 0 Å². The van der Waals surface area contributed by atoms with Crippen LogP contribution in [0.25, 0.3) is 0 Å². The minimum absolute atomic E-state index is 0.152. The summed E-state index contributed by atoms with van der Waals surface area (Å²) < 4.78 is 11.2. The van der Waals surface area contributed by atoms with E-state index in [1.807, 2.05) is 25.1 Å². The summed E-state index contributed by atoms with van der Waals surface area (Å²) >= 11 is 12.7. The molecule has 0 radical (unpaired) electrons. The van der Waals surface area contributed by atoms with Crippen LogP contribution in [0.5, 0.6) is 11.5 Å². The molecule has 1 atom stereocenters. The van der Waals surface area contributed by atoms with Crippen molar-refractivity contribution in [1.82, 2.24) is 10.2 Å². The second-order valence-electron chi connectivity index (χ2n) is 7.67. The van der Waals surface area contributed by atoms with E-state index in [4.69, 9.17) is 32.7 Å². The molecule has 3 rings (SSSR count). The second-order valence-corrected chi connectivity index (χ2v) is 8.48. The van der Waals surface area contributed by atoms with Crippen LogP contribution in [0.15, 0.2) is 36.4 Å². The van der Waals surface area contributed by atoms with Gasteiger partial charge in [-0.3, -0.25) is 9.59 Å². The quantitative estimate of drug-likeness (QED) is 0.569. The predicted molar refractivity (Wildman–Crippen MR) is 126 cm³/mol. The van der Waals surface area contributed by atoms with Crippen molar-refractivity contribution in [2.75, 3.05) is 19.8 Å². The number of carbonyl (C=O) groups is 2. The van der Waals surface area contributed by atoms with Crippen molar-refractivity contribution in [3.63, 3.8) is 0 Å². The number of aryl methyl sites for hydroxylation is 1. The number of benzene rings is 2. The van der Waals surface area contributed by atoms with Crippen LogP contribution >= 0.6 is 23.2 Å². The molecule has 0 aliphatic carbocycles. The Labute approximate surface area is 198 Å². The number of fused-ring (bicyclic) bond motifs is 1. The molecule has 1 unspecified atom stereocenters. The first-order valence-corrected chi connectivity index (χ1v) is 11.5. The molecule has 172 valence electrons. The summed E-state index contributed by atoms with van der Waals surface area (Å²) in [5, 5.41) is 3.78. The topological polar surface area (TPSA) is 67.9 Å². The van der Waals surface area contributed by atoms with Crippen molar-refractivity contribution in [3.05, 3.63) is 57.6 Å². The minimum Gasteiger partial charge on any atom is -0.486 e. The highest BCUT2D eigenvalue weighted by Gasteiger charge is 2.27. The zero-order chi connectivity index (χ0) is 23.1. The van der Waals surface area contributed by atoms with Gasteiger partial charge in [-0.2, -0.15) is 0 Å². The standard InChI is InChI=1S/C24H28Cl2N2O4/c1-3-11-27-24(30)16(2)28(15-18-19(25)5-4-6-20(18)26)23(29)10-8-17-7-9-21-22(14-17)32-13-12-31-21/h4-7,9,14,16H,3,8,10-13,15H2,1-2H3,(H,27,30). The van der Waals surface area contributed by atoms with Crippen molar-refractivity contribution in [2.24, 2.45) is 0 Å². The first-order valence-electron chi connectivity index (χ1n) is 10.8. The van der Waals surface area contributed by atoms with Gasteiger partial charge in [0.05, 0.1) is 0 Å². The number of rotatable bonds is 9. The maximum absolute atomic E-state index is 13.3. The number of nitrogens with zero attached hydrogens (tertiary/aromatic N) is 1. The van der Waals surface area contributed by atoms with Crippen LogP contribution < -0.4 is 14.8 Å². The van der Waals surface area contributed by atoms with Crippen molar-refractivity contribution >= 4 is 35.0 Å². The number of carbonyl (C=O) groups excluding carboxylic acids is 2. The Morgan fingerprint density at radius 3 is 2.47 bits per heavy atom. The first-order chi connectivity index (χ1) is 15.4. The molecule has 2 aromatic rings. The van der Waals surface area contributed by atoms with Crippen LogP contribution in [-0.2, 0) is 22.6 Å². The molecule has 0 spiro atoms. The van der Waals surface area contributed by atoms with Gasteiger partial charge >= 0.3 is 0 Å². The van der Waals surface area contributed by atoms with Gasteiger partial charge in [-0.25, -0.2) is 0 Å². The van der Waals surface area contributed by atoms with Crippen LogP contribution in [0.4, 0.5) is 0 Å². The van der Waals surface area contributed by atoms with Crippen LogP contribution in [0.2, 0.25) is 10.0 Å². The molecule has 0 saturated heterocycles. The zero-order valence-electron chi connectivity index (χ0n) is 18.3. The summed E-state index contributed by atoms with van der Waals surface area (Å²) in [5.74, 6) is 1.04. The monoisotopic (exact) mass is 478 g/mol. The second kappa shape index (κ2) is 11.4. The van der Waals surface area contributed by atoms with E-state index < -0.39 is 6.04 Å². The molecule has 1 aliphatic rings. The minimum atomic E-state index is -0.665. The Morgan fingerprint density at radius 2 is 1.78 bits per heavy atom. The van der Waals surface area contributed by atoms with E-state index in [9.17, 15) is 9.59 Å². The molecule has 0 aromatic heterocycles. The molecule has 2 aromatic carbocycles. The fourth-order valence-corrected chi connectivity index (χ4v) is 3.99. The fraction of sp³-hybridized carbons (Fsp3) is 0.417. The lowest BCUT2D eigenvalue weighted by atomic mass is 10.1. The third kappa shape index (κ3) is 6.08. The maximum Gasteiger partial charge on any atom is 0.242 e. The van der Waals surface area contributed by atoms with Crippen LogP contribution in [0.3, 0.4) is 0 Å².